The van der Waals surface area contributed by atoms with E-state index < -0.39 is 0 Å². The number of carbonyl (C=O) groups excluding carboxylic acids is 1. The van der Waals surface area contributed by atoms with E-state index in [9.17, 15) is 4.79 Å². The second kappa shape index (κ2) is 6.71. The van der Waals surface area contributed by atoms with Crippen molar-refractivity contribution < 1.29 is 4.79 Å². The number of nitrogens with one attached hydrogen (secondary N) is 1. The van der Waals surface area contributed by atoms with Crippen LogP contribution in [0.15, 0.2) is 30.3 Å². The van der Waals surface area contributed by atoms with Crippen molar-refractivity contribution in [2.45, 2.75) is 39.3 Å². The van der Waals surface area contributed by atoms with Gasteiger partial charge in [0.15, 0.2) is 0 Å². The van der Waals surface area contributed by atoms with E-state index in [4.69, 9.17) is 0 Å². The molecule has 0 aromatic heterocycles. The van der Waals surface area contributed by atoms with Crippen LogP contribution in [0, 0.1) is 5.92 Å². The maximum Gasteiger partial charge on any atom is 0.237 e. The lowest BCUT2D eigenvalue weighted by Crippen LogP contribution is -2.44. The van der Waals surface area contributed by atoms with Crippen LogP contribution >= 0.6 is 0 Å². The van der Waals surface area contributed by atoms with E-state index >= 15 is 0 Å². The van der Waals surface area contributed by atoms with Crippen LogP contribution in [0.2, 0.25) is 0 Å². The van der Waals surface area contributed by atoms with Gasteiger partial charge in [-0.25, -0.2) is 0 Å². The number of hydrogen-bond donors (Lipinski definition) is 1. The molecule has 0 spiro atoms. The first-order chi connectivity index (χ1) is 9.16. The molecule has 1 fully saturated rings. The maximum absolute atomic E-state index is 12.3. The molecule has 3 nitrogen and oxygen atoms in total. The zero-order valence-electron chi connectivity index (χ0n) is 11.9. The Hall–Kier alpha value is -1.35. The van der Waals surface area contributed by atoms with Crippen molar-refractivity contribution in [3.05, 3.63) is 35.9 Å². The lowest BCUT2D eigenvalue weighted by atomic mass is 10.1. The molecule has 1 heterocycles. The quantitative estimate of drug-likeness (QED) is 0.882. The fourth-order valence-electron chi connectivity index (χ4n) is 2.71. The lowest BCUT2D eigenvalue weighted by Gasteiger charge is -2.25. The van der Waals surface area contributed by atoms with Gasteiger partial charge in [0.25, 0.3) is 0 Å². The predicted molar refractivity (Wildman–Crippen MR) is 77.7 cm³/mol. The molecule has 1 aliphatic heterocycles. The van der Waals surface area contributed by atoms with Crippen LogP contribution in [0.3, 0.4) is 0 Å². The maximum atomic E-state index is 12.3. The van der Waals surface area contributed by atoms with E-state index in [1.165, 1.54) is 0 Å². The summed E-state index contributed by atoms with van der Waals surface area (Å²) in [6.07, 6.45) is 2.13. The lowest BCUT2D eigenvalue weighted by molar-refractivity contribution is -0.125. The van der Waals surface area contributed by atoms with Crippen molar-refractivity contribution in [1.29, 1.82) is 0 Å². The van der Waals surface area contributed by atoms with Crippen LogP contribution in [-0.2, 0) is 11.3 Å². The van der Waals surface area contributed by atoms with E-state index in [0.717, 1.165) is 31.5 Å². The molecule has 1 aromatic carbocycles. The van der Waals surface area contributed by atoms with Gasteiger partial charge in [-0.1, -0.05) is 44.2 Å². The highest BCUT2D eigenvalue weighted by molar-refractivity contribution is 5.82. The summed E-state index contributed by atoms with van der Waals surface area (Å²) in [5, 5.41) is 3.06. The van der Waals surface area contributed by atoms with Gasteiger partial charge in [0.2, 0.25) is 5.91 Å². The van der Waals surface area contributed by atoms with Crippen molar-refractivity contribution in [1.82, 2.24) is 10.2 Å². The predicted octanol–water partition coefficient (Wildman–Crippen LogP) is 2.42. The van der Waals surface area contributed by atoms with Crippen LogP contribution in [0.25, 0.3) is 0 Å². The highest BCUT2D eigenvalue weighted by Gasteiger charge is 2.30. The average Bonchev–Trinajstić information content (AvgIpc) is 2.84. The van der Waals surface area contributed by atoms with Gasteiger partial charge in [0.05, 0.1) is 6.04 Å². The molecule has 1 atom stereocenters. The first-order valence-electron chi connectivity index (χ1n) is 7.22. The van der Waals surface area contributed by atoms with Gasteiger partial charge in [-0.3, -0.25) is 9.69 Å². The minimum atomic E-state index is 0.0751. The summed E-state index contributed by atoms with van der Waals surface area (Å²) in [6.45, 7) is 7.12. The van der Waals surface area contributed by atoms with E-state index in [0.29, 0.717) is 12.5 Å². The Balaban J connectivity index is 1.85. The van der Waals surface area contributed by atoms with Gasteiger partial charge in [-0.05, 0) is 30.9 Å². The second-order valence-corrected chi connectivity index (χ2v) is 5.75. The van der Waals surface area contributed by atoms with E-state index in [2.05, 4.69) is 24.1 Å². The van der Waals surface area contributed by atoms with Crippen molar-refractivity contribution in [3.8, 4) is 0 Å². The minimum Gasteiger partial charge on any atom is -0.351 e. The normalized spacial score (nSPS) is 19.8. The molecule has 0 radical (unpaired) electrons. The highest BCUT2D eigenvalue weighted by atomic mass is 16.2. The monoisotopic (exact) mass is 260 g/mol. The van der Waals surface area contributed by atoms with Crippen LogP contribution in [0.4, 0.5) is 0 Å². The van der Waals surface area contributed by atoms with Crippen molar-refractivity contribution in [2.75, 3.05) is 13.1 Å². The van der Waals surface area contributed by atoms with E-state index in [1.54, 1.807) is 0 Å². The average molecular weight is 260 g/mol. The molecule has 3 heteroatoms. The molecule has 1 saturated heterocycles. The van der Waals surface area contributed by atoms with Gasteiger partial charge in [-0.2, -0.15) is 0 Å². The van der Waals surface area contributed by atoms with Crippen LogP contribution in [0.1, 0.15) is 32.3 Å². The Morgan fingerprint density at radius 3 is 2.79 bits per heavy atom. The third-order valence-electron chi connectivity index (χ3n) is 3.58. The zero-order chi connectivity index (χ0) is 13.7. The molecule has 1 N–H and O–H groups in total. The van der Waals surface area contributed by atoms with Gasteiger partial charge >= 0.3 is 0 Å². The number of carbonyl (C=O) groups is 1. The Bertz CT molecular complexity index is 402. The highest BCUT2D eigenvalue weighted by Crippen LogP contribution is 2.18. The smallest absolute Gasteiger partial charge is 0.237 e. The molecular weight excluding hydrogens is 236 g/mol. The van der Waals surface area contributed by atoms with E-state index in [-0.39, 0.29) is 11.9 Å². The molecule has 2 rings (SSSR count). The molecule has 19 heavy (non-hydrogen) atoms. The Labute approximate surface area is 116 Å². The third kappa shape index (κ3) is 4.06. The van der Waals surface area contributed by atoms with Gasteiger partial charge in [0.1, 0.15) is 0 Å². The number of nitrogens with zero attached hydrogens (tertiary/aromatic N) is 1. The zero-order valence-corrected chi connectivity index (χ0v) is 11.9. The van der Waals surface area contributed by atoms with Crippen LogP contribution < -0.4 is 5.32 Å². The number of likely N-dealkylation sites (tertiary alicyclic amines) is 1. The largest absolute Gasteiger partial charge is 0.351 e. The summed E-state index contributed by atoms with van der Waals surface area (Å²) in [7, 11) is 0. The topological polar surface area (TPSA) is 32.3 Å². The summed E-state index contributed by atoms with van der Waals surface area (Å²) in [6, 6.07) is 10.2. The molecule has 1 unspecified atom stereocenters. The Morgan fingerprint density at radius 2 is 2.11 bits per heavy atom. The number of hydrogen-bond acceptors (Lipinski definition) is 2. The molecule has 0 aliphatic carbocycles. The molecular formula is C16H24N2O. The number of benzene rings is 1. The second-order valence-electron chi connectivity index (χ2n) is 5.75. The summed E-state index contributed by atoms with van der Waals surface area (Å²) in [5.41, 5.74) is 1.16. The van der Waals surface area contributed by atoms with Crippen LogP contribution in [-0.4, -0.2) is 29.9 Å². The van der Waals surface area contributed by atoms with Gasteiger partial charge < -0.3 is 5.32 Å². The summed E-state index contributed by atoms with van der Waals surface area (Å²) < 4.78 is 0. The third-order valence-corrected chi connectivity index (χ3v) is 3.58. The van der Waals surface area contributed by atoms with Gasteiger partial charge in [-0.15, -0.1) is 0 Å². The molecule has 0 bridgehead atoms. The molecule has 1 aliphatic rings. The molecule has 0 saturated carbocycles. The van der Waals surface area contributed by atoms with E-state index in [1.807, 2.05) is 30.3 Å². The number of amides is 1. The standard InChI is InChI=1S/C16H24N2O/c1-13(2)12-18-10-6-9-15(18)16(19)17-11-14-7-4-3-5-8-14/h3-5,7-8,13,15H,6,9-12H2,1-2H3,(H,17,19). The molecule has 1 amide bonds. The van der Waals surface area contributed by atoms with Crippen LogP contribution in [0.5, 0.6) is 0 Å². The summed E-state index contributed by atoms with van der Waals surface area (Å²) in [4.78, 5) is 14.6. The minimum absolute atomic E-state index is 0.0751. The first-order valence-corrected chi connectivity index (χ1v) is 7.22. The first kappa shape index (κ1) is 14.1. The summed E-state index contributed by atoms with van der Waals surface area (Å²) in [5.74, 6) is 0.796. The summed E-state index contributed by atoms with van der Waals surface area (Å²) >= 11 is 0. The molecule has 104 valence electrons. The Morgan fingerprint density at radius 1 is 1.37 bits per heavy atom. The fraction of sp³-hybridized carbons (Fsp3) is 0.562. The fourth-order valence-corrected chi connectivity index (χ4v) is 2.71. The van der Waals surface area contributed by atoms with Gasteiger partial charge in [0, 0.05) is 13.1 Å². The van der Waals surface area contributed by atoms with Crippen molar-refractivity contribution >= 4 is 5.91 Å². The van der Waals surface area contributed by atoms with Crippen molar-refractivity contribution in [2.24, 2.45) is 5.92 Å². The number of rotatable bonds is 5. The molecule has 1 aromatic rings. The Kier molecular flexibility index (Phi) is 4.97. The SMILES string of the molecule is CC(C)CN1CCCC1C(=O)NCc1ccccc1. The van der Waals surface area contributed by atoms with Crippen molar-refractivity contribution in [3.63, 3.8) is 0 Å².